The molecule has 0 atom stereocenters. The quantitative estimate of drug-likeness (QED) is 0.445. The zero-order valence-corrected chi connectivity index (χ0v) is 6.02. The summed E-state index contributed by atoms with van der Waals surface area (Å²) in [6.45, 7) is 4.10. The van der Waals surface area contributed by atoms with Gasteiger partial charge >= 0.3 is 0 Å². The molecule has 0 unspecified atom stereocenters. The average molecular weight is 153 g/mol. The first-order chi connectivity index (χ1) is 3.27. The van der Waals surface area contributed by atoms with Crippen LogP contribution in [0.15, 0.2) is 12.7 Å². The highest BCUT2D eigenvalue weighted by molar-refractivity contribution is 7.80. The molecule has 0 saturated heterocycles. The molecule has 0 aliphatic carbocycles. The van der Waals surface area contributed by atoms with E-state index < -0.39 is 0 Å². The van der Waals surface area contributed by atoms with Gasteiger partial charge < -0.3 is 11.1 Å². The Morgan fingerprint density at radius 2 is 2.38 bits per heavy atom. The van der Waals surface area contributed by atoms with Gasteiger partial charge in [0.25, 0.3) is 0 Å². The van der Waals surface area contributed by atoms with E-state index in [1.165, 1.54) is 0 Å². The van der Waals surface area contributed by atoms with Crippen molar-refractivity contribution in [3.63, 3.8) is 0 Å². The molecule has 0 aliphatic heterocycles. The number of nitrogens with two attached hydrogens (primary N) is 1. The second-order valence-corrected chi connectivity index (χ2v) is 1.47. The minimum atomic E-state index is 0. The third kappa shape index (κ3) is 9.21. The highest BCUT2D eigenvalue weighted by Gasteiger charge is 1.76. The van der Waals surface area contributed by atoms with Crippen LogP contribution < -0.4 is 11.1 Å². The highest BCUT2D eigenvalue weighted by Crippen LogP contribution is 1.58. The lowest BCUT2D eigenvalue weighted by atomic mass is 10.6. The fraction of sp³-hybridized carbons (Fsp3) is 0.250. The van der Waals surface area contributed by atoms with E-state index in [1.807, 2.05) is 0 Å². The molecule has 2 nitrogen and oxygen atoms in total. The van der Waals surface area contributed by atoms with Crippen LogP contribution in [-0.2, 0) is 0 Å². The van der Waals surface area contributed by atoms with E-state index in [2.05, 4.69) is 24.1 Å². The van der Waals surface area contributed by atoms with Crippen molar-refractivity contribution in [1.82, 2.24) is 5.32 Å². The zero-order valence-electron chi connectivity index (χ0n) is 4.39. The third-order valence-electron chi connectivity index (χ3n) is 0.421. The molecule has 0 rings (SSSR count). The van der Waals surface area contributed by atoms with Gasteiger partial charge in [0.2, 0.25) is 0 Å². The molecule has 0 bridgehead atoms. The van der Waals surface area contributed by atoms with Crippen molar-refractivity contribution in [2.45, 2.75) is 0 Å². The van der Waals surface area contributed by atoms with Crippen molar-refractivity contribution in [3.8, 4) is 0 Å². The minimum Gasteiger partial charge on any atom is -0.376 e. The van der Waals surface area contributed by atoms with Gasteiger partial charge in [0.15, 0.2) is 5.11 Å². The van der Waals surface area contributed by atoms with E-state index in [-0.39, 0.29) is 12.4 Å². The summed E-state index contributed by atoms with van der Waals surface area (Å²) in [5.41, 5.74) is 5.05. The lowest BCUT2D eigenvalue weighted by Gasteiger charge is -1.94. The summed E-state index contributed by atoms with van der Waals surface area (Å²) in [6, 6.07) is 0. The maximum Gasteiger partial charge on any atom is 0.163 e. The largest absolute Gasteiger partial charge is 0.376 e. The molecular weight excluding hydrogens is 144 g/mol. The van der Waals surface area contributed by atoms with Crippen molar-refractivity contribution in [2.24, 2.45) is 5.73 Å². The molecule has 8 heavy (non-hydrogen) atoms. The minimum absolute atomic E-state index is 0. The maximum absolute atomic E-state index is 5.05. The van der Waals surface area contributed by atoms with Crippen LogP contribution in [0.1, 0.15) is 0 Å². The third-order valence-corrected chi connectivity index (χ3v) is 0.565. The van der Waals surface area contributed by atoms with Crippen molar-refractivity contribution < 1.29 is 0 Å². The van der Waals surface area contributed by atoms with Crippen LogP contribution in [0.5, 0.6) is 0 Å². The number of halogens is 1. The molecular formula is C4H9ClN2S. The predicted molar refractivity (Wildman–Crippen MR) is 42.2 cm³/mol. The molecule has 0 spiro atoms. The molecule has 0 aromatic rings. The van der Waals surface area contributed by atoms with Crippen molar-refractivity contribution in [2.75, 3.05) is 6.54 Å². The predicted octanol–water partition coefficient (Wildman–Crippen LogP) is 0.427. The summed E-state index contributed by atoms with van der Waals surface area (Å²) in [6.07, 6.45) is 1.69. The van der Waals surface area contributed by atoms with E-state index in [1.54, 1.807) is 6.08 Å². The monoisotopic (exact) mass is 152 g/mol. The maximum atomic E-state index is 5.05. The van der Waals surface area contributed by atoms with Crippen LogP contribution in [-0.4, -0.2) is 11.7 Å². The Kier molecular flexibility index (Phi) is 8.95. The molecule has 4 heteroatoms. The first kappa shape index (κ1) is 10.7. The van der Waals surface area contributed by atoms with Gasteiger partial charge in [0.1, 0.15) is 0 Å². The summed E-state index contributed by atoms with van der Waals surface area (Å²) >= 11 is 4.48. The smallest absolute Gasteiger partial charge is 0.163 e. The summed E-state index contributed by atoms with van der Waals surface area (Å²) < 4.78 is 0. The summed E-state index contributed by atoms with van der Waals surface area (Å²) in [5.74, 6) is 0. The van der Waals surface area contributed by atoms with E-state index in [0.29, 0.717) is 11.7 Å². The Morgan fingerprint density at radius 1 is 1.88 bits per heavy atom. The second kappa shape index (κ2) is 6.72. The molecule has 0 fully saturated rings. The van der Waals surface area contributed by atoms with Crippen LogP contribution >= 0.6 is 24.6 Å². The van der Waals surface area contributed by atoms with Crippen LogP contribution in [0.2, 0.25) is 0 Å². The van der Waals surface area contributed by atoms with Gasteiger partial charge in [0, 0.05) is 6.54 Å². The Balaban J connectivity index is 0. The van der Waals surface area contributed by atoms with Crippen LogP contribution in [0.25, 0.3) is 0 Å². The van der Waals surface area contributed by atoms with Crippen molar-refractivity contribution >= 4 is 29.7 Å². The van der Waals surface area contributed by atoms with Gasteiger partial charge in [-0.2, -0.15) is 0 Å². The van der Waals surface area contributed by atoms with E-state index in [4.69, 9.17) is 5.73 Å². The molecule has 0 aromatic carbocycles. The summed E-state index contributed by atoms with van der Waals surface area (Å²) in [5, 5.41) is 3.01. The molecule has 0 amide bonds. The zero-order chi connectivity index (χ0) is 5.70. The number of hydrogen-bond acceptors (Lipinski definition) is 1. The SMILES string of the molecule is C=CCNC(N)=S.Cl. The van der Waals surface area contributed by atoms with E-state index in [9.17, 15) is 0 Å². The number of hydrogen-bond donors (Lipinski definition) is 2. The summed E-state index contributed by atoms with van der Waals surface area (Å²) in [7, 11) is 0. The van der Waals surface area contributed by atoms with Gasteiger partial charge in [-0.15, -0.1) is 19.0 Å². The fourth-order valence-corrected chi connectivity index (χ4v) is 0.256. The average Bonchev–Trinajstić information content (AvgIpc) is 1.61. The van der Waals surface area contributed by atoms with Crippen molar-refractivity contribution in [1.29, 1.82) is 0 Å². The van der Waals surface area contributed by atoms with Gasteiger partial charge in [-0.05, 0) is 12.2 Å². The van der Waals surface area contributed by atoms with Gasteiger partial charge in [0.05, 0.1) is 0 Å². The normalized spacial score (nSPS) is 6.50. The van der Waals surface area contributed by atoms with Crippen LogP contribution in [0, 0.1) is 0 Å². The van der Waals surface area contributed by atoms with Gasteiger partial charge in [-0.1, -0.05) is 6.08 Å². The van der Waals surface area contributed by atoms with Gasteiger partial charge in [-0.3, -0.25) is 0 Å². The number of rotatable bonds is 2. The van der Waals surface area contributed by atoms with Crippen LogP contribution in [0.4, 0.5) is 0 Å². The molecule has 0 saturated carbocycles. The van der Waals surface area contributed by atoms with Crippen LogP contribution in [0.3, 0.4) is 0 Å². The lowest BCUT2D eigenvalue weighted by Crippen LogP contribution is -2.28. The lowest BCUT2D eigenvalue weighted by molar-refractivity contribution is 1.05. The molecule has 3 N–H and O–H groups in total. The Bertz CT molecular complexity index is 84.1. The molecule has 0 radical (unpaired) electrons. The van der Waals surface area contributed by atoms with E-state index >= 15 is 0 Å². The van der Waals surface area contributed by atoms with Crippen molar-refractivity contribution in [3.05, 3.63) is 12.7 Å². The van der Waals surface area contributed by atoms with E-state index in [0.717, 1.165) is 0 Å². The topological polar surface area (TPSA) is 38.0 Å². The first-order valence-electron chi connectivity index (χ1n) is 1.91. The molecule has 0 aliphatic rings. The highest BCUT2D eigenvalue weighted by atomic mass is 35.5. The standard InChI is InChI=1S/C4H8N2S.ClH/c1-2-3-6-4(5)7;/h2H,1,3H2,(H3,5,6,7);1H. The van der Waals surface area contributed by atoms with Gasteiger partial charge in [-0.25, -0.2) is 0 Å². The molecule has 0 aromatic heterocycles. The second-order valence-electron chi connectivity index (χ2n) is 1.03. The Morgan fingerprint density at radius 3 is 2.50 bits per heavy atom. The number of nitrogens with one attached hydrogen (secondary N) is 1. The fourth-order valence-electron chi connectivity index (χ4n) is 0.173. The Labute approximate surface area is 60.5 Å². The molecule has 48 valence electrons. The summed E-state index contributed by atoms with van der Waals surface area (Å²) in [4.78, 5) is 0. The number of thiocarbonyl (C=S) groups is 1. The molecule has 0 heterocycles. The Hall–Kier alpha value is -0.280. The first-order valence-corrected chi connectivity index (χ1v) is 2.32.